The predicted molar refractivity (Wildman–Crippen MR) is 109 cm³/mol. The number of hydrogen-bond donors (Lipinski definition) is 1. The van der Waals surface area contributed by atoms with Gasteiger partial charge in [0.2, 0.25) is 5.91 Å². The Morgan fingerprint density at radius 3 is 2.57 bits per heavy atom. The van der Waals surface area contributed by atoms with Crippen LogP contribution in [0.5, 0.6) is 5.75 Å². The minimum Gasteiger partial charge on any atom is -0.493 e. The lowest BCUT2D eigenvalue weighted by Crippen LogP contribution is -2.39. The van der Waals surface area contributed by atoms with E-state index in [1.54, 1.807) is 0 Å². The lowest BCUT2D eigenvalue weighted by atomic mass is 9.99. The Balaban J connectivity index is 1.41. The van der Waals surface area contributed by atoms with Gasteiger partial charge in [-0.2, -0.15) is 0 Å². The van der Waals surface area contributed by atoms with E-state index in [0.717, 1.165) is 30.8 Å². The second kappa shape index (κ2) is 9.93. The third-order valence-electron chi connectivity index (χ3n) is 4.98. The topological polar surface area (TPSA) is 58.6 Å². The van der Waals surface area contributed by atoms with Crippen molar-refractivity contribution in [2.24, 2.45) is 5.92 Å². The first-order valence-electron chi connectivity index (χ1n) is 9.94. The van der Waals surface area contributed by atoms with E-state index in [-0.39, 0.29) is 11.8 Å². The van der Waals surface area contributed by atoms with Crippen LogP contribution in [0.25, 0.3) is 0 Å². The molecular weight excluding hydrogens is 352 g/mol. The highest BCUT2D eigenvalue weighted by Gasteiger charge is 2.21. The fraction of sp³-hybridized carbons (Fsp3) is 0.391. The van der Waals surface area contributed by atoms with Crippen molar-refractivity contribution in [2.45, 2.75) is 32.7 Å². The number of piperidine rings is 1. The number of rotatable bonds is 7. The Morgan fingerprint density at radius 2 is 1.86 bits per heavy atom. The smallest absolute Gasteiger partial charge is 0.253 e. The SMILES string of the molecule is CC1CCCN(C(=O)c2ccc(CNC(=O)CCOc3ccccc3)cc2)C1. The predicted octanol–water partition coefficient (Wildman–Crippen LogP) is 3.64. The number of amides is 2. The maximum Gasteiger partial charge on any atom is 0.253 e. The molecular formula is C23H28N2O3. The summed E-state index contributed by atoms with van der Waals surface area (Å²) in [6, 6.07) is 17.0. The summed E-state index contributed by atoms with van der Waals surface area (Å²) in [5, 5.41) is 2.89. The van der Waals surface area contributed by atoms with E-state index >= 15 is 0 Å². The molecule has 0 bridgehead atoms. The number of carbonyl (C=O) groups excluding carboxylic acids is 2. The summed E-state index contributed by atoms with van der Waals surface area (Å²) >= 11 is 0. The average molecular weight is 380 g/mol. The van der Waals surface area contributed by atoms with E-state index in [0.29, 0.717) is 31.1 Å². The molecule has 5 heteroatoms. The lowest BCUT2D eigenvalue weighted by molar-refractivity contribution is -0.121. The first kappa shape index (κ1) is 19.9. The summed E-state index contributed by atoms with van der Waals surface area (Å²) in [6.07, 6.45) is 2.57. The van der Waals surface area contributed by atoms with Crippen LogP contribution in [0.2, 0.25) is 0 Å². The fourth-order valence-corrected chi connectivity index (χ4v) is 3.39. The molecule has 2 amide bonds. The molecule has 1 heterocycles. The molecule has 1 aliphatic rings. The van der Waals surface area contributed by atoms with E-state index in [4.69, 9.17) is 4.74 Å². The normalized spacial score (nSPS) is 16.5. The van der Waals surface area contributed by atoms with Crippen molar-refractivity contribution in [2.75, 3.05) is 19.7 Å². The molecule has 2 aromatic rings. The Hall–Kier alpha value is -2.82. The van der Waals surface area contributed by atoms with Crippen molar-refractivity contribution >= 4 is 11.8 Å². The van der Waals surface area contributed by atoms with Crippen molar-refractivity contribution in [3.63, 3.8) is 0 Å². The molecule has 1 fully saturated rings. The molecule has 0 aliphatic carbocycles. The largest absolute Gasteiger partial charge is 0.493 e. The molecule has 0 spiro atoms. The quantitative estimate of drug-likeness (QED) is 0.798. The summed E-state index contributed by atoms with van der Waals surface area (Å²) in [5.74, 6) is 1.37. The van der Waals surface area contributed by atoms with Gasteiger partial charge in [-0.05, 0) is 48.6 Å². The van der Waals surface area contributed by atoms with Gasteiger partial charge in [0.15, 0.2) is 0 Å². The van der Waals surface area contributed by atoms with Crippen LogP contribution in [0.1, 0.15) is 42.1 Å². The molecule has 0 aromatic heterocycles. The summed E-state index contributed by atoms with van der Waals surface area (Å²) < 4.78 is 5.53. The van der Waals surface area contributed by atoms with Gasteiger partial charge in [0.05, 0.1) is 13.0 Å². The van der Waals surface area contributed by atoms with Crippen molar-refractivity contribution in [3.8, 4) is 5.75 Å². The third kappa shape index (κ3) is 5.84. The monoisotopic (exact) mass is 380 g/mol. The molecule has 0 radical (unpaired) electrons. The zero-order valence-corrected chi connectivity index (χ0v) is 16.4. The van der Waals surface area contributed by atoms with Crippen LogP contribution in [0.4, 0.5) is 0 Å². The zero-order valence-electron chi connectivity index (χ0n) is 16.4. The highest BCUT2D eigenvalue weighted by molar-refractivity contribution is 5.94. The molecule has 1 atom stereocenters. The molecule has 1 saturated heterocycles. The van der Waals surface area contributed by atoms with E-state index in [9.17, 15) is 9.59 Å². The first-order chi connectivity index (χ1) is 13.6. The van der Waals surface area contributed by atoms with Gasteiger partial charge in [-0.1, -0.05) is 37.3 Å². The Bertz CT molecular complexity index is 774. The van der Waals surface area contributed by atoms with E-state index in [1.165, 1.54) is 6.42 Å². The summed E-state index contributed by atoms with van der Waals surface area (Å²) in [4.78, 5) is 26.5. The van der Waals surface area contributed by atoms with Crippen LogP contribution in [0, 0.1) is 5.92 Å². The van der Waals surface area contributed by atoms with E-state index < -0.39 is 0 Å². The highest BCUT2D eigenvalue weighted by Crippen LogP contribution is 2.18. The molecule has 3 rings (SSSR count). The summed E-state index contributed by atoms with van der Waals surface area (Å²) in [7, 11) is 0. The molecule has 148 valence electrons. The number of nitrogens with one attached hydrogen (secondary N) is 1. The lowest BCUT2D eigenvalue weighted by Gasteiger charge is -2.31. The summed E-state index contributed by atoms with van der Waals surface area (Å²) in [6.45, 7) is 4.65. The Kier molecular flexibility index (Phi) is 7.06. The van der Waals surface area contributed by atoms with Gasteiger partial charge < -0.3 is 15.0 Å². The number of nitrogens with zero attached hydrogens (tertiary/aromatic N) is 1. The number of ether oxygens (including phenoxy) is 1. The number of para-hydroxylation sites is 1. The average Bonchev–Trinajstić information content (AvgIpc) is 2.73. The number of benzene rings is 2. The minimum atomic E-state index is -0.0570. The molecule has 5 nitrogen and oxygen atoms in total. The Labute approximate surface area is 166 Å². The number of likely N-dealkylation sites (tertiary alicyclic amines) is 1. The molecule has 2 aromatic carbocycles. The van der Waals surface area contributed by atoms with Gasteiger partial charge >= 0.3 is 0 Å². The molecule has 1 N–H and O–H groups in total. The van der Waals surface area contributed by atoms with E-state index in [2.05, 4.69) is 12.2 Å². The van der Waals surface area contributed by atoms with Crippen LogP contribution < -0.4 is 10.1 Å². The van der Waals surface area contributed by atoms with Gasteiger partial charge in [-0.25, -0.2) is 0 Å². The van der Waals surface area contributed by atoms with Crippen molar-refractivity contribution in [3.05, 3.63) is 65.7 Å². The maximum atomic E-state index is 12.6. The van der Waals surface area contributed by atoms with Crippen molar-refractivity contribution in [1.82, 2.24) is 10.2 Å². The second-order valence-electron chi connectivity index (χ2n) is 7.38. The zero-order chi connectivity index (χ0) is 19.8. The fourth-order valence-electron chi connectivity index (χ4n) is 3.39. The molecule has 0 saturated carbocycles. The van der Waals surface area contributed by atoms with Crippen LogP contribution in [0.15, 0.2) is 54.6 Å². The molecule has 1 aliphatic heterocycles. The van der Waals surface area contributed by atoms with Crippen molar-refractivity contribution in [1.29, 1.82) is 0 Å². The van der Waals surface area contributed by atoms with Gasteiger partial charge in [-0.15, -0.1) is 0 Å². The first-order valence-corrected chi connectivity index (χ1v) is 9.94. The number of hydrogen-bond acceptors (Lipinski definition) is 3. The van der Waals surface area contributed by atoms with Gasteiger partial charge in [0.1, 0.15) is 5.75 Å². The standard InChI is InChI=1S/C23H28N2O3/c1-18-6-5-14-25(17-18)23(27)20-11-9-19(10-12-20)16-24-22(26)13-15-28-21-7-3-2-4-8-21/h2-4,7-12,18H,5-6,13-17H2,1H3,(H,24,26). The Morgan fingerprint density at radius 1 is 1.11 bits per heavy atom. The number of carbonyl (C=O) groups is 2. The minimum absolute atomic E-state index is 0.0570. The second-order valence-corrected chi connectivity index (χ2v) is 7.38. The van der Waals surface area contributed by atoms with Crippen LogP contribution in [0.3, 0.4) is 0 Å². The van der Waals surface area contributed by atoms with Crippen LogP contribution in [-0.2, 0) is 11.3 Å². The van der Waals surface area contributed by atoms with Gasteiger partial charge in [0.25, 0.3) is 5.91 Å². The maximum absolute atomic E-state index is 12.6. The molecule has 1 unspecified atom stereocenters. The van der Waals surface area contributed by atoms with Crippen LogP contribution in [-0.4, -0.2) is 36.4 Å². The third-order valence-corrected chi connectivity index (χ3v) is 4.98. The highest BCUT2D eigenvalue weighted by atomic mass is 16.5. The van der Waals surface area contributed by atoms with Gasteiger partial charge in [0, 0.05) is 25.2 Å². The van der Waals surface area contributed by atoms with Crippen molar-refractivity contribution < 1.29 is 14.3 Å². The van der Waals surface area contributed by atoms with Crippen LogP contribution >= 0.6 is 0 Å². The van der Waals surface area contributed by atoms with Gasteiger partial charge in [-0.3, -0.25) is 9.59 Å². The van der Waals surface area contributed by atoms with E-state index in [1.807, 2.05) is 59.5 Å². The summed E-state index contributed by atoms with van der Waals surface area (Å²) in [5.41, 5.74) is 1.68. The molecule has 28 heavy (non-hydrogen) atoms.